The average molecular weight is 469 g/mol. The molecule has 0 aromatic carbocycles. The molecule has 2 aliphatic rings. The van der Waals surface area contributed by atoms with Crippen molar-refractivity contribution in [3.05, 3.63) is 0 Å². The normalized spacial score (nSPS) is 33.5. The van der Waals surface area contributed by atoms with E-state index in [4.69, 9.17) is 27.4 Å². The maximum absolute atomic E-state index is 13.3. The molecule has 0 amide bonds. The van der Waals surface area contributed by atoms with E-state index in [1.807, 2.05) is 6.92 Å². The molecule has 2 saturated heterocycles. The Bertz CT molecular complexity index is 651. The van der Waals surface area contributed by atoms with Crippen LogP contribution in [-0.4, -0.2) is 65.6 Å². The predicted molar refractivity (Wildman–Crippen MR) is 115 cm³/mol. The number of ether oxygens (including phenoxy) is 2. The van der Waals surface area contributed by atoms with Gasteiger partial charge in [0.1, 0.15) is 11.7 Å². The van der Waals surface area contributed by atoms with Crippen LogP contribution in [0.3, 0.4) is 0 Å². The van der Waals surface area contributed by atoms with Crippen LogP contribution in [0.2, 0.25) is 39.3 Å². The topological polar surface area (TPSA) is 89.5 Å². The maximum Gasteiger partial charge on any atom is 0.345 e. The van der Waals surface area contributed by atoms with Crippen molar-refractivity contribution in [2.45, 2.75) is 89.6 Å². The number of esters is 1. The zero-order chi connectivity index (χ0) is 22.3. The van der Waals surface area contributed by atoms with Gasteiger partial charge in [0.05, 0.1) is 19.8 Å². The zero-order valence-electron chi connectivity index (χ0n) is 19.2. The van der Waals surface area contributed by atoms with Crippen LogP contribution in [0, 0.1) is 0 Å². The molecule has 1 unspecified atom stereocenters. The predicted octanol–water partition coefficient (Wildman–Crippen LogP) is 4.12. The highest BCUT2D eigenvalue weighted by molar-refractivity contribution is 7.55. The van der Waals surface area contributed by atoms with Gasteiger partial charge in [0.2, 0.25) is 5.79 Å². The van der Waals surface area contributed by atoms with Crippen molar-refractivity contribution >= 4 is 30.2 Å². The Morgan fingerprint density at radius 3 is 2.07 bits per heavy atom. The molecule has 0 N–H and O–H groups in total. The lowest BCUT2D eigenvalue weighted by Crippen LogP contribution is -2.57. The number of hydrogen-bond acceptors (Lipinski definition) is 8. The Morgan fingerprint density at radius 1 is 1.07 bits per heavy atom. The standard InChI is InChI=1S/C18H37O8PSi2/c1-10-22-27(20,23-11-2)14-12-18(24-15(14)19)16(25-28(4,5)6)17(3,13-21-18)26-29(7,8)9/h14,16H,10-13H2,1-9H3/t14?,16-,17+,18-/m1/s1. The van der Waals surface area contributed by atoms with E-state index in [-0.39, 0.29) is 26.2 Å². The molecule has 1 spiro atoms. The zero-order valence-corrected chi connectivity index (χ0v) is 22.1. The first-order valence-corrected chi connectivity index (χ1v) is 18.7. The van der Waals surface area contributed by atoms with Crippen molar-refractivity contribution in [1.29, 1.82) is 0 Å². The quantitative estimate of drug-likeness (QED) is 0.284. The van der Waals surface area contributed by atoms with E-state index in [0.717, 1.165) is 0 Å². The highest BCUT2D eigenvalue weighted by atomic mass is 31.2. The second-order valence-corrected chi connectivity index (χ2v) is 20.9. The first-order chi connectivity index (χ1) is 13.1. The molecule has 0 saturated carbocycles. The van der Waals surface area contributed by atoms with E-state index in [1.54, 1.807) is 13.8 Å². The van der Waals surface area contributed by atoms with Crippen LogP contribution in [0.25, 0.3) is 0 Å². The monoisotopic (exact) mass is 468 g/mol. The van der Waals surface area contributed by atoms with Crippen LogP contribution in [0.5, 0.6) is 0 Å². The molecule has 2 fully saturated rings. The molecule has 0 aliphatic carbocycles. The van der Waals surface area contributed by atoms with Crippen molar-refractivity contribution in [2.24, 2.45) is 0 Å². The summed E-state index contributed by atoms with van der Waals surface area (Å²) in [6, 6.07) is 0. The lowest BCUT2D eigenvalue weighted by molar-refractivity contribution is -0.219. The Kier molecular flexibility index (Phi) is 7.35. The second kappa shape index (κ2) is 8.46. The number of hydrogen-bond donors (Lipinski definition) is 0. The van der Waals surface area contributed by atoms with Gasteiger partial charge in [0.25, 0.3) is 0 Å². The molecule has 2 rings (SSSR count). The molecule has 0 bridgehead atoms. The molecule has 170 valence electrons. The fourth-order valence-corrected chi connectivity index (χ4v) is 8.58. The smallest absolute Gasteiger partial charge is 0.345 e. The summed E-state index contributed by atoms with van der Waals surface area (Å²) < 4.78 is 48.9. The number of carbonyl (C=O) groups excluding carboxylic acids is 1. The van der Waals surface area contributed by atoms with Gasteiger partial charge in [-0.15, -0.1) is 0 Å². The summed E-state index contributed by atoms with van der Waals surface area (Å²) in [5.41, 5.74) is -1.83. The third-order valence-electron chi connectivity index (χ3n) is 4.59. The Balaban J connectivity index is 2.42. The SMILES string of the molecule is CCOP(=O)(OCC)C1C[C@@]2(OC[C@](C)(O[Si](C)(C)C)[C@H]2O[Si](C)(C)C)OC1=O. The molecular weight excluding hydrogens is 431 g/mol. The molecule has 11 heteroatoms. The summed E-state index contributed by atoms with van der Waals surface area (Å²) in [5.74, 6) is -2.00. The van der Waals surface area contributed by atoms with Crippen LogP contribution in [0.15, 0.2) is 0 Å². The Morgan fingerprint density at radius 2 is 1.62 bits per heavy atom. The highest BCUT2D eigenvalue weighted by Crippen LogP contribution is 2.60. The summed E-state index contributed by atoms with van der Waals surface area (Å²) in [4.78, 5) is 12.8. The van der Waals surface area contributed by atoms with Gasteiger partial charge in [-0.25, -0.2) is 0 Å². The average Bonchev–Trinajstić information content (AvgIpc) is 2.98. The minimum atomic E-state index is -3.69. The van der Waals surface area contributed by atoms with Gasteiger partial charge in [-0.2, -0.15) is 0 Å². The fourth-order valence-electron chi connectivity index (χ4n) is 3.93. The van der Waals surface area contributed by atoms with Gasteiger partial charge >= 0.3 is 13.6 Å². The van der Waals surface area contributed by atoms with Crippen LogP contribution in [0.1, 0.15) is 27.2 Å². The van der Waals surface area contributed by atoms with Gasteiger partial charge in [-0.05, 0) is 60.1 Å². The van der Waals surface area contributed by atoms with Crippen molar-refractivity contribution in [3.63, 3.8) is 0 Å². The number of carbonyl (C=O) groups is 1. The van der Waals surface area contributed by atoms with Crippen LogP contribution in [0.4, 0.5) is 0 Å². The lowest BCUT2D eigenvalue weighted by atomic mass is 9.95. The lowest BCUT2D eigenvalue weighted by Gasteiger charge is -2.41. The molecule has 8 nitrogen and oxygen atoms in total. The first kappa shape index (κ1) is 25.2. The van der Waals surface area contributed by atoms with Gasteiger partial charge in [0.15, 0.2) is 22.3 Å². The third kappa shape index (κ3) is 5.60. The summed E-state index contributed by atoms with van der Waals surface area (Å²) in [6.07, 6.45) is -0.581. The molecule has 2 aliphatic heterocycles. The van der Waals surface area contributed by atoms with Gasteiger partial charge in [0, 0.05) is 6.42 Å². The molecule has 29 heavy (non-hydrogen) atoms. The minimum absolute atomic E-state index is 0.0445. The van der Waals surface area contributed by atoms with Crippen LogP contribution in [-0.2, 0) is 36.7 Å². The summed E-state index contributed by atoms with van der Waals surface area (Å²) in [7, 11) is -7.73. The molecule has 2 heterocycles. The fraction of sp³-hybridized carbons (Fsp3) is 0.944. The van der Waals surface area contributed by atoms with E-state index in [9.17, 15) is 9.36 Å². The second-order valence-electron chi connectivity index (χ2n) is 9.75. The van der Waals surface area contributed by atoms with Crippen molar-refractivity contribution in [1.82, 2.24) is 0 Å². The van der Waals surface area contributed by atoms with Gasteiger partial charge in [-0.1, -0.05) is 0 Å². The molecule has 0 radical (unpaired) electrons. The maximum atomic E-state index is 13.3. The molecule has 0 aromatic rings. The highest BCUT2D eigenvalue weighted by Gasteiger charge is 2.69. The van der Waals surface area contributed by atoms with Crippen LogP contribution >= 0.6 is 7.60 Å². The van der Waals surface area contributed by atoms with E-state index in [2.05, 4.69) is 39.3 Å². The molecule has 0 aromatic heterocycles. The summed E-state index contributed by atoms with van der Waals surface area (Å²) in [6.45, 7) is 18.4. The molecular formula is C18H37O8PSi2. The third-order valence-corrected chi connectivity index (χ3v) is 9.01. The van der Waals surface area contributed by atoms with Crippen molar-refractivity contribution < 1.29 is 36.7 Å². The van der Waals surface area contributed by atoms with Crippen LogP contribution < -0.4 is 0 Å². The molecule has 4 atom stereocenters. The number of rotatable bonds is 9. The van der Waals surface area contributed by atoms with E-state index < -0.39 is 53.4 Å². The van der Waals surface area contributed by atoms with E-state index in [1.165, 1.54) is 0 Å². The van der Waals surface area contributed by atoms with Crippen molar-refractivity contribution in [2.75, 3.05) is 19.8 Å². The minimum Gasteiger partial charge on any atom is -0.429 e. The van der Waals surface area contributed by atoms with E-state index in [0.29, 0.717) is 0 Å². The Hall–Kier alpha value is -0.0662. The van der Waals surface area contributed by atoms with Gasteiger partial charge < -0.3 is 27.4 Å². The summed E-state index contributed by atoms with van der Waals surface area (Å²) >= 11 is 0. The first-order valence-electron chi connectivity index (χ1n) is 10.2. The van der Waals surface area contributed by atoms with E-state index >= 15 is 0 Å². The summed E-state index contributed by atoms with van der Waals surface area (Å²) in [5, 5.41) is 0. The van der Waals surface area contributed by atoms with Crippen molar-refractivity contribution in [3.8, 4) is 0 Å². The largest absolute Gasteiger partial charge is 0.429 e. The van der Waals surface area contributed by atoms with Gasteiger partial charge in [-0.3, -0.25) is 9.36 Å². The Labute approximate surface area is 176 Å².